The van der Waals surface area contributed by atoms with Crippen LogP contribution in [0.25, 0.3) is 0 Å². The van der Waals surface area contributed by atoms with E-state index in [2.05, 4.69) is 11.9 Å². The van der Waals surface area contributed by atoms with Gasteiger partial charge in [-0.2, -0.15) is 0 Å². The van der Waals surface area contributed by atoms with Crippen molar-refractivity contribution in [1.29, 1.82) is 0 Å². The zero-order valence-electron chi connectivity index (χ0n) is 13.7. The Bertz CT molecular complexity index is 360. The molecule has 0 aliphatic rings. The maximum Gasteiger partial charge on any atom is 0.408 e. The van der Waals surface area contributed by atoms with Crippen molar-refractivity contribution < 1.29 is 19.4 Å². The standard InChI is InChI=1S/C16H29NO4/c1-6-7-8-9-10-11-12-16(5,13(18)19)17-14(20)21-15(2,3)4/h6H,1,7-12H2,2-5H3,(H,17,20)(H,18,19)/t16-/m0/s1. The molecule has 1 atom stereocenters. The number of allylic oxidation sites excluding steroid dienone is 1. The first-order chi connectivity index (χ1) is 9.60. The summed E-state index contributed by atoms with van der Waals surface area (Å²) >= 11 is 0. The molecule has 5 heteroatoms. The lowest BCUT2D eigenvalue weighted by molar-refractivity contribution is -0.144. The van der Waals surface area contributed by atoms with Gasteiger partial charge in [0.2, 0.25) is 0 Å². The maximum atomic E-state index is 11.7. The van der Waals surface area contributed by atoms with Gasteiger partial charge in [0.1, 0.15) is 11.1 Å². The largest absolute Gasteiger partial charge is 0.480 e. The number of carbonyl (C=O) groups is 2. The van der Waals surface area contributed by atoms with Gasteiger partial charge in [0.15, 0.2) is 0 Å². The predicted octanol–water partition coefficient (Wildman–Crippen LogP) is 3.88. The topological polar surface area (TPSA) is 75.6 Å². The molecule has 5 nitrogen and oxygen atoms in total. The molecular weight excluding hydrogens is 270 g/mol. The van der Waals surface area contributed by atoms with E-state index in [9.17, 15) is 14.7 Å². The first-order valence-corrected chi connectivity index (χ1v) is 7.46. The zero-order valence-corrected chi connectivity index (χ0v) is 13.7. The number of aliphatic carboxylic acids is 1. The lowest BCUT2D eigenvalue weighted by atomic mass is 9.94. The summed E-state index contributed by atoms with van der Waals surface area (Å²) in [4.78, 5) is 23.2. The Morgan fingerprint density at radius 1 is 1.14 bits per heavy atom. The average molecular weight is 299 g/mol. The number of ether oxygens (including phenoxy) is 1. The van der Waals surface area contributed by atoms with Crippen LogP contribution in [0.4, 0.5) is 4.79 Å². The maximum absolute atomic E-state index is 11.7. The SMILES string of the molecule is C=CCCCCCC[C@](C)(NC(=O)OC(C)(C)C)C(=O)O. The second-order valence-electron chi connectivity index (χ2n) is 6.51. The van der Waals surface area contributed by atoms with Gasteiger partial charge in [-0.25, -0.2) is 9.59 Å². The van der Waals surface area contributed by atoms with Crippen LogP contribution in [0.1, 0.15) is 66.2 Å². The highest BCUT2D eigenvalue weighted by Crippen LogP contribution is 2.18. The van der Waals surface area contributed by atoms with Crippen molar-refractivity contribution in [2.75, 3.05) is 0 Å². The summed E-state index contributed by atoms with van der Waals surface area (Å²) in [5.41, 5.74) is -1.94. The van der Waals surface area contributed by atoms with Crippen molar-refractivity contribution in [3.8, 4) is 0 Å². The summed E-state index contributed by atoms with van der Waals surface area (Å²) < 4.78 is 5.12. The summed E-state index contributed by atoms with van der Waals surface area (Å²) in [5, 5.41) is 11.8. The van der Waals surface area contributed by atoms with E-state index in [1.165, 1.54) is 6.92 Å². The van der Waals surface area contributed by atoms with Crippen LogP contribution in [0, 0.1) is 0 Å². The fourth-order valence-electron chi connectivity index (χ4n) is 1.87. The number of carbonyl (C=O) groups excluding carboxylic acids is 1. The number of unbranched alkanes of at least 4 members (excludes halogenated alkanes) is 4. The molecule has 1 amide bonds. The molecule has 21 heavy (non-hydrogen) atoms. The van der Waals surface area contributed by atoms with Gasteiger partial charge in [0.05, 0.1) is 0 Å². The third-order valence-electron chi connectivity index (χ3n) is 3.08. The highest BCUT2D eigenvalue weighted by atomic mass is 16.6. The third-order valence-corrected chi connectivity index (χ3v) is 3.08. The van der Waals surface area contributed by atoms with Crippen LogP contribution < -0.4 is 5.32 Å². The van der Waals surface area contributed by atoms with E-state index >= 15 is 0 Å². The number of carboxylic acids is 1. The van der Waals surface area contributed by atoms with Crippen LogP contribution in [0.3, 0.4) is 0 Å². The molecule has 0 aliphatic heterocycles. The van der Waals surface area contributed by atoms with Gasteiger partial charge in [-0.15, -0.1) is 6.58 Å². The molecule has 0 aromatic heterocycles. The molecule has 0 aromatic carbocycles. The molecule has 0 bridgehead atoms. The number of rotatable bonds is 9. The molecule has 0 aromatic rings. The van der Waals surface area contributed by atoms with E-state index in [0.29, 0.717) is 6.42 Å². The quantitative estimate of drug-likeness (QED) is 0.500. The minimum absolute atomic E-state index is 0.385. The molecule has 0 heterocycles. The van der Waals surface area contributed by atoms with Crippen molar-refractivity contribution >= 4 is 12.1 Å². The molecule has 0 radical (unpaired) electrons. The Morgan fingerprint density at radius 2 is 1.71 bits per heavy atom. The Hall–Kier alpha value is -1.52. The lowest BCUT2D eigenvalue weighted by Crippen LogP contribution is -2.53. The van der Waals surface area contributed by atoms with Gasteiger partial charge in [-0.3, -0.25) is 0 Å². The predicted molar refractivity (Wildman–Crippen MR) is 83.3 cm³/mol. The number of nitrogens with one attached hydrogen (secondary N) is 1. The van der Waals surface area contributed by atoms with Crippen LogP contribution in [0.15, 0.2) is 12.7 Å². The smallest absolute Gasteiger partial charge is 0.408 e. The Labute approximate surface area is 127 Å². The molecular formula is C16H29NO4. The van der Waals surface area contributed by atoms with Gasteiger partial charge in [-0.05, 0) is 47.0 Å². The summed E-state index contributed by atoms with van der Waals surface area (Å²) in [7, 11) is 0. The Morgan fingerprint density at radius 3 is 2.19 bits per heavy atom. The number of carboxylic acid groups (broad SMARTS) is 1. The summed E-state index contributed by atoms with van der Waals surface area (Å²) in [5.74, 6) is -1.04. The van der Waals surface area contributed by atoms with Crippen molar-refractivity contribution in [2.24, 2.45) is 0 Å². The fraction of sp³-hybridized carbons (Fsp3) is 0.750. The minimum atomic E-state index is -1.29. The van der Waals surface area contributed by atoms with Gasteiger partial charge in [0.25, 0.3) is 0 Å². The van der Waals surface area contributed by atoms with Crippen LogP contribution in [0.2, 0.25) is 0 Å². The molecule has 122 valence electrons. The highest BCUT2D eigenvalue weighted by Gasteiger charge is 2.35. The minimum Gasteiger partial charge on any atom is -0.480 e. The van der Waals surface area contributed by atoms with Crippen LogP contribution in [-0.4, -0.2) is 28.3 Å². The second-order valence-corrected chi connectivity index (χ2v) is 6.51. The molecule has 0 spiro atoms. The number of alkyl carbamates (subject to hydrolysis) is 1. The third kappa shape index (κ3) is 9.10. The summed E-state index contributed by atoms with van der Waals surface area (Å²) in [6.45, 7) is 10.4. The van der Waals surface area contributed by atoms with Crippen molar-refractivity contribution in [2.45, 2.75) is 77.4 Å². The summed E-state index contributed by atoms with van der Waals surface area (Å²) in [6.07, 6.45) is 6.33. The summed E-state index contributed by atoms with van der Waals surface area (Å²) in [6, 6.07) is 0. The Kier molecular flexibility index (Phi) is 8.07. The lowest BCUT2D eigenvalue weighted by Gasteiger charge is -2.28. The van der Waals surface area contributed by atoms with Gasteiger partial charge in [-0.1, -0.05) is 25.3 Å². The molecule has 0 aliphatic carbocycles. The van der Waals surface area contributed by atoms with Crippen LogP contribution in [0.5, 0.6) is 0 Å². The van der Waals surface area contributed by atoms with E-state index in [1.54, 1.807) is 20.8 Å². The van der Waals surface area contributed by atoms with Crippen molar-refractivity contribution in [1.82, 2.24) is 5.32 Å². The van der Waals surface area contributed by atoms with E-state index in [0.717, 1.165) is 32.1 Å². The van der Waals surface area contributed by atoms with Gasteiger partial charge < -0.3 is 15.2 Å². The molecule has 0 saturated heterocycles. The van der Waals surface area contributed by atoms with Crippen molar-refractivity contribution in [3.63, 3.8) is 0 Å². The van der Waals surface area contributed by atoms with Gasteiger partial charge >= 0.3 is 12.1 Å². The van der Waals surface area contributed by atoms with E-state index < -0.39 is 23.2 Å². The number of amides is 1. The van der Waals surface area contributed by atoms with E-state index in [1.807, 2.05) is 6.08 Å². The first-order valence-electron chi connectivity index (χ1n) is 7.46. The first kappa shape index (κ1) is 19.5. The molecule has 0 rings (SSSR count). The molecule has 0 saturated carbocycles. The fourth-order valence-corrected chi connectivity index (χ4v) is 1.87. The monoisotopic (exact) mass is 299 g/mol. The zero-order chi connectivity index (χ0) is 16.5. The highest BCUT2D eigenvalue weighted by molar-refractivity contribution is 5.83. The average Bonchev–Trinajstić information content (AvgIpc) is 2.30. The second kappa shape index (κ2) is 8.70. The number of hydrogen-bond donors (Lipinski definition) is 2. The normalized spacial score (nSPS) is 14.1. The van der Waals surface area contributed by atoms with Crippen LogP contribution >= 0.6 is 0 Å². The van der Waals surface area contributed by atoms with Crippen LogP contribution in [-0.2, 0) is 9.53 Å². The molecule has 0 fully saturated rings. The van der Waals surface area contributed by atoms with Gasteiger partial charge in [0, 0.05) is 0 Å². The van der Waals surface area contributed by atoms with E-state index in [4.69, 9.17) is 4.74 Å². The number of hydrogen-bond acceptors (Lipinski definition) is 3. The molecule has 0 unspecified atom stereocenters. The Balaban J connectivity index is 4.33. The van der Waals surface area contributed by atoms with E-state index in [-0.39, 0.29) is 0 Å². The van der Waals surface area contributed by atoms with Crippen molar-refractivity contribution in [3.05, 3.63) is 12.7 Å². The molecule has 2 N–H and O–H groups in total.